The van der Waals surface area contributed by atoms with Crippen molar-refractivity contribution in [3.05, 3.63) is 12.8 Å². The molecule has 1 heterocycles. The molecule has 0 radical (unpaired) electrons. The second kappa shape index (κ2) is 3.67. The summed E-state index contributed by atoms with van der Waals surface area (Å²) in [5, 5.41) is 2.76. The molecule has 1 rings (SSSR count). The molecule has 1 fully saturated rings. The average Bonchev–Trinajstić information content (AvgIpc) is 2.19. The van der Waals surface area contributed by atoms with Crippen LogP contribution in [0.2, 0.25) is 0 Å². The number of hydrogen-bond donors (Lipinski definition) is 2. The van der Waals surface area contributed by atoms with Crippen LogP contribution in [0.15, 0.2) is 12.8 Å². The topological polar surface area (TPSA) is 78.7 Å². The lowest BCUT2D eigenvalue weighted by Gasteiger charge is -2.40. The van der Waals surface area contributed by atoms with Crippen molar-refractivity contribution in [2.45, 2.75) is 12.2 Å². The number of carbonyl (C=O) groups excluding carboxylic acids is 2. The Morgan fingerprint density at radius 3 is 2.57 bits per heavy atom. The molecule has 14 heavy (non-hydrogen) atoms. The summed E-state index contributed by atoms with van der Waals surface area (Å²) in [6.45, 7) is 3.46. The number of imide groups is 1. The molecule has 0 aromatic carbocycles. The van der Waals surface area contributed by atoms with Crippen molar-refractivity contribution in [2.75, 3.05) is 14.1 Å². The van der Waals surface area contributed by atoms with Crippen molar-refractivity contribution in [1.29, 1.82) is 0 Å². The lowest BCUT2D eigenvalue weighted by Crippen LogP contribution is -2.68. The van der Waals surface area contributed by atoms with Crippen molar-refractivity contribution in [1.82, 2.24) is 15.1 Å². The largest absolute Gasteiger partial charge is 0.370 e. The van der Waals surface area contributed by atoms with Crippen molar-refractivity contribution >= 4 is 11.9 Å². The highest BCUT2D eigenvalue weighted by molar-refractivity contribution is 5.99. The van der Waals surface area contributed by atoms with Crippen molar-refractivity contribution in [3.63, 3.8) is 0 Å². The first-order chi connectivity index (χ1) is 6.50. The number of likely N-dealkylation sites (N-methyl/N-ethyl adjacent to an activating group) is 2. The summed E-state index contributed by atoms with van der Waals surface area (Å²) in [6, 6.07) is -1.14. The Morgan fingerprint density at radius 1 is 1.50 bits per heavy atom. The van der Waals surface area contributed by atoms with Crippen LogP contribution in [0.5, 0.6) is 0 Å². The SMILES string of the molecule is C=CNC1C(N)C(=O)N(C)C(=O)N1C. The van der Waals surface area contributed by atoms with Crippen LogP contribution >= 0.6 is 0 Å². The van der Waals surface area contributed by atoms with E-state index < -0.39 is 18.1 Å². The van der Waals surface area contributed by atoms with E-state index in [-0.39, 0.29) is 6.03 Å². The second-order valence-electron chi connectivity index (χ2n) is 3.13. The van der Waals surface area contributed by atoms with Gasteiger partial charge in [0.2, 0.25) is 0 Å². The van der Waals surface area contributed by atoms with Crippen molar-refractivity contribution in [3.8, 4) is 0 Å². The molecule has 0 aliphatic carbocycles. The van der Waals surface area contributed by atoms with Crippen molar-refractivity contribution in [2.24, 2.45) is 5.73 Å². The lowest BCUT2D eigenvalue weighted by atomic mass is 10.1. The molecular weight excluding hydrogens is 184 g/mol. The van der Waals surface area contributed by atoms with E-state index in [1.807, 2.05) is 0 Å². The molecular formula is C8H14N4O2. The number of nitrogens with two attached hydrogens (primary N) is 1. The first-order valence-electron chi connectivity index (χ1n) is 4.17. The minimum Gasteiger partial charge on any atom is -0.370 e. The molecule has 3 N–H and O–H groups in total. The summed E-state index contributed by atoms with van der Waals surface area (Å²) in [7, 11) is 2.98. The fourth-order valence-electron chi connectivity index (χ4n) is 1.39. The number of rotatable bonds is 2. The summed E-state index contributed by atoms with van der Waals surface area (Å²) in [5.41, 5.74) is 5.66. The molecule has 78 valence electrons. The number of carbonyl (C=O) groups is 2. The van der Waals surface area contributed by atoms with Crippen LogP contribution in [0.25, 0.3) is 0 Å². The molecule has 0 bridgehead atoms. The van der Waals surface area contributed by atoms with Gasteiger partial charge in [0.15, 0.2) is 0 Å². The molecule has 6 nitrogen and oxygen atoms in total. The molecule has 3 amide bonds. The molecule has 1 saturated heterocycles. The number of nitrogens with zero attached hydrogens (tertiary/aromatic N) is 2. The van der Waals surface area contributed by atoms with Gasteiger partial charge >= 0.3 is 6.03 Å². The van der Waals surface area contributed by atoms with Crippen LogP contribution in [0.1, 0.15) is 0 Å². The number of hydrogen-bond acceptors (Lipinski definition) is 4. The lowest BCUT2D eigenvalue weighted by molar-refractivity contribution is -0.133. The highest BCUT2D eigenvalue weighted by Gasteiger charge is 2.40. The first-order valence-corrected chi connectivity index (χ1v) is 4.17. The fourth-order valence-corrected chi connectivity index (χ4v) is 1.39. The zero-order valence-corrected chi connectivity index (χ0v) is 8.23. The third-order valence-corrected chi connectivity index (χ3v) is 2.25. The van der Waals surface area contributed by atoms with Gasteiger partial charge in [-0.25, -0.2) is 4.79 Å². The quantitative estimate of drug-likeness (QED) is 0.590. The van der Waals surface area contributed by atoms with Gasteiger partial charge in [-0.3, -0.25) is 9.69 Å². The van der Waals surface area contributed by atoms with Crippen LogP contribution < -0.4 is 11.1 Å². The monoisotopic (exact) mass is 198 g/mol. The van der Waals surface area contributed by atoms with E-state index in [1.165, 1.54) is 18.1 Å². The zero-order valence-electron chi connectivity index (χ0n) is 8.23. The van der Waals surface area contributed by atoms with E-state index in [4.69, 9.17) is 5.73 Å². The van der Waals surface area contributed by atoms with E-state index in [0.29, 0.717) is 0 Å². The van der Waals surface area contributed by atoms with Crippen molar-refractivity contribution < 1.29 is 9.59 Å². The Morgan fingerprint density at radius 2 is 2.07 bits per heavy atom. The summed E-state index contributed by atoms with van der Waals surface area (Å²) >= 11 is 0. The highest BCUT2D eigenvalue weighted by Crippen LogP contribution is 2.11. The average molecular weight is 198 g/mol. The van der Waals surface area contributed by atoms with E-state index in [1.54, 1.807) is 7.05 Å². The Bertz CT molecular complexity index is 257. The second-order valence-corrected chi connectivity index (χ2v) is 3.13. The Kier molecular flexibility index (Phi) is 2.76. The van der Waals surface area contributed by atoms with Crippen LogP contribution in [0.4, 0.5) is 4.79 Å². The normalized spacial score (nSPS) is 27.9. The fraction of sp³-hybridized carbons (Fsp3) is 0.500. The highest BCUT2D eigenvalue weighted by atomic mass is 16.2. The predicted molar refractivity (Wildman–Crippen MR) is 51.0 cm³/mol. The molecule has 0 aromatic rings. The molecule has 0 aromatic heterocycles. The molecule has 1 aliphatic rings. The van der Waals surface area contributed by atoms with E-state index in [9.17, 15) is 9.59 Å². The molecule has 1 aliphatic heterocycles. The minimum absolute atomic E-state index is 0.379. The van der Waals surface area contributed by atoms with Gasteiger partial charge in [-0.15, -0.1) is 0 Å². The maximum atomic E-state index is 11.5. The zero-order chi connectivity index (χ0) is 10.9. The van der Waals surface area contributed by atoms with E-state index >= 15 is 0 Å². The molecule has 2 unspecified atom stereocenters. The Balaban J connectivity index is 2.91. The van der Waals surface area contributed by atoms with Gasteiger partial charge in [-0.1, -0.05) is 6.58 Å². The molecule has 6 heteroatoms. The maximum Gasteiger partial charge on any atom is 0.327 e. The Hall–Kier alpha value is -1.56. The van der Waals surface area contributed by atoms with Crippen LogP contribution in [0, 0.1) is 0 Å². The summed E-state index contributed by atoms with van der Waals surface area (Å²) in [6.07, 6.45) is 0.885. The van der Waals surface area contributed by atoms with E-state index in [2.05, 4.69) is 11.9 Å². The summed E-state index contributed by atoms with van der Waals surface area (Å²) in [4.78, 5) is 25.3. The maximum absolute atomic E-state index is 11.5. The summed E-state index contributed by atoms with van der Waals surface area (Å²) < 4.78 is 0. The number of nitrogens with one attached hydrogen (secondary N) is 1. The van der Waals surface area contributed by atoms with Gasteiger partial charge in [0.1, 0.15) is 12.2 Å². The Labute approximate surface area is 82.3 Å². The van der Waals surface area contributed by atoms with Gasteiger partial charge in [0.05, 0.1) is 0 Å². The van der Waals surface area contributed by atoms with E-state index in [0.717, 1.165) is 4.90 Å². The van der Waals surface area contributed by atoms with Crippen LogP contribution in [0.3, 0.4) is 0 Å². The van der Waals surface area contributed by atoms with Gasteiger partial charge < -0.3 is 16.0 Å². The third kappa shape index (κ3) is 1.44. The number of urea groups is 1. The third-order valence-electron chi connectivity index (χ3n) is 2.25. The number of amides is 3. The van der Waals surface area contributed by atoms with Gasteiger partial charge in [0, 0.05) is 14.1 Å². The van der Waals surface area contributed by atoms with Gasteiger partial charge in [-0.2, -0.15) is 0 Å². The summed E-state index contributed by atoms with van der Waals surface area (Å²) in [5.74, 6) is -0.396. The van der Waals surface area contributed by atoms with Gasteiger partial charge in [0.25, 0.3) is 5.91 Å². The predicted octanol–water partition coefficient (Wildman–Crippen LogP) is -1.10. The molecule has 2 atom stereocenters. The molecule has 0 spiro atoms. The minimum atomic E-state index is -0.763. The van der Waals surface area contributed by atoms with Crippen LogP contribution in [-0.4, -0.2) is 48.0 Å². The van der Waals surface area contributed by atoms with Crippen LogP contribution in [-0.2, 0) is 4.79 Å². The van der Waals surface area contributed by atoms with Gasteiger partial charge in [-0.05, 0) is 6.20 Å². The smallest absolute Gasteiger partial charge is 0.327 e. The first kappa shape index (κ1) is 10.5. The standard InChI is InChI=1S/C8H14N4O2/c1-4-10-6-5(9)7(13)12(3)8(14)11(6)2/h4-6,10H,1,9H2,2-3H3. The molecule has 0 saturated carbocycles.